The maximum Gasteiger partial charge on any atom is 0.232 e. The molecule has 1 atom stereocenters. The van der Waals surface area contributed by atoms with Gasteiger partial charge in [0.2, 0.25) is 5.91 Å². The third-order valence-corrected chi connectivity index (χ3v) is 3.08. The average Bonchev–Trinajstić information content (AvgIpc) is 2.36. The maximum absolute atomic E-state index is 12.0. The lowest BCUT2D eigenvalue weighted by Gasteiger charge is -2.21. The fourth-order valence-corrected chi connectivity index (χ4v) is 1.68. The summed E-state index contributed by atoms with van der Waals surface area (Å²) in [7, 11) is 3.35. The first-order valence-corrected chi connectivity index (χ1v) is 6.03. The molecule has 0 spiro atoms. The van der Waals surface area contributed by atoms with Crippen LogP contribution in [-0.2, 0) is 11.3 Å². The smallest absolute Gasteiger partial charge is 0.232 e. The van der Waals surface area contributed by atoms with Crippen LogP contribution in [0.1, 0.15) is 12.5 Å². The van der Waals surface area contributed by atoms with E-state index in [1.54, 1.807) is 26.0 Å². The van der Waals surface area contributed by atoms with E-state index in [1.165, 1.54) is 0 Å². The Morgan fingerprint density at radius 3 is 2.78 bits per heavy atom. The Morgan fingerprint density at radius 1 is 1.56 bits per heavy atom. The summed E-state index contributed by atoms with van der Waals surface area (Å²) in [5, 5.41) is 0. The van der Waals surface area contributed by atoms with Crippen molar-refractivity contribution < 1.29 is 9.53 Å². The number of hydrogen-bond acceptors (Lipinski definition) is 3. The molecular formula is C13H18N2O2S. The van der Waals surface area contributed by atoms with E-state index in [0.717, 1.165) is 11.3 Å². The summed E-state index contributed by atoms with van der Waals surface area (Å²) in [5.41, 5.74) is 6.48. The van der Waals surface area contributed by atoms with Gasteiger partial charge in [0.25, 0.3) is 0 Å². The van der Waals surface area contributed by atoms with E-state index in [2.05, 4.69) is 0 Å². The van der Waals surface area contributed by atoms with Gasteiger partial charge in [0, 0.05) is 13.6 Å². The van der Waals surface area contributed by atoms with E-state index in [1.807, 2.05) is 24.3 Å². The highest BCUT2D eigenvalue weighted by atomic mass is 32.1. The van der Waals surface area contributed by atoms with Gasteiger partial charge in [0.1, 0.15) is 5.75 Å². The third kappa shape index (κ3) is 3.70. The number of methoxy groups -OCH3 is 1. The van der Waals surface area contributed by atoms with E-state index in [-0.39, 0.29) is 10.9 Å². The summed E-state index contributed by atoms with van der Waals surface area (Å²) in [6, 6.07) is 7.60. The maximum atomic E-state index is 12.0. The molecule has 1 aromatic rings. The molecule has 1 rings (SSSR count). The molecule has 18 heavy (non-hydrogen) atoms. The molecule has 5 heteroatoms. The molecule has 0 aliphatic carbocycles. The van der Waals surface area contributed by atoms with Gasteiger partial charge in [-0.05, 0) is 24.6 Å². The zero-order valence-corrected chi connectivity index (χ0v) is 11.7. The molecule has 0 heterocycles. The fraction of sp³-hybridized carbons (Fsp3) is 0.385. The topological polar surface area (TPSA) is 55.6 Å². The first-order chi connectivity index (χ1) is 8.45. The predicted molar refractivity (Wildman–Crippen MR) is 75.4 cm³/mol. The minimum Gasteiger partial charge on any atom is -0.497 e. The van der Waals surface area contributed by atoms with Crippen molar-refractivity contribution in [3.63, 3.8) is 0 Å². The lowest BCUT2D eigenvalue weighted by molar-refractivity contribution is -0.132. The normalized spacial score (nSPS) is 11.7. The third-order valence-electron chi connectivity index (χ3n) is 2.73. The van der Waals surface area contributed by atoms with E-state index >= 15 is 0 Å². The van der Waals surface area contributed by atoms with E-state index in [9.17, 15) is 4.79 Å². The zero-order valence-electron chi connectivity index (χ0n) is 10.8. The lowest BCUT2D eigenvalue weighted by Crippen LogP contribution is -2.37. The van der Waals surface area contributed by atoms with E-state index in [0.29, 0.717) is 6.54 Å². The molecule has 0 aromatic heterocycles. The molecule has 98 valence electrons. The van der Waals surface area contributed by atoms with Crippen LogP contribution in [0.25, 0.3) is 0 Å². The number of thiocarbonyl (C=S) groups is 1. The second-order valence-electron chi connectivity index (χ2n) is 4.17. The van der Waals surface area contributed by atoms with Crippen LogP contribution >= 0.6 is 12.2 Å². The van der Waals surface area contributed by atoms with E-state index < -0.39 is 5.92 Å². The summed E-state index contributed by atoms with van der Waals surface area (Å²) >= 11 is 4.83. The van der Waals surface area contributed by atoms with Crippen LogP contribution < -0.4 is 10.5 Å². The molecule has 1 aromatic carbocycles. The highest BCUT2D eigenvalue weighted by molar-refractivity contribution is 7.80. The summed E-state index contributed by atoms with van der Waals surface area (Å²) < 4.78 is 5.14. The molecule has 0 fully saturated rings. The summed E-state index contributed by atoms with van der Waals surface area (Å²) in [5.74, 6) is 0.261. The van der Waals surface area contributed by atoms with Gasteiger partial charge in [-0.2, -0.15) is 0 Å². The van der Waals surface area contributed by atoms with Crippen LogP contribution in [0, 0.1) is 5.92 Å². The lowest BCUT2D eigenvalue weighted by atomic mass is 10.1. The number of nitrogens with two attached hydrogens (primary N) is 1. The summed E-state index contributed by atoms with van der Waals surface area (Å²) in [6.45, 7) is 2.22. The molecule has 0 aliphatic heterocycles. The van der Waals surface area contributed by atoms with Gasteiger partial charge in [0.15, 0.2) is 0 Å². The number of rotatable bonds is 5. The Balaban J connectivity index is 2.71. The molecule has 1 unspecified atom stereocenters. The van der Waals surface area contributed by atoms with Crippen LogP contribution in [0.15, 0.2) is 24.3 Å². The number of amides is 1. The number of ether oxygens (including phenoxy) is 1. The summed E-state index contributed by atoms with van der Waals surface area (Å²) in [6.07, 6.45) is 0. The van der Waals surface area contributed by atoms with Crippen molar-refractivity contribution in [2.75, 3.05) is 14.2 Å². The van der Waals surface area contributed by atoms with Gasteiger partial charge in [-0.25, -0.2) is 0 Å². The van der Waals surface area contributed by atoms with Crippen LogP contribution in [-0.4, -0.2) is 30.0 Å². The Kier molecular flexibility index (Phi) is 5.09. The Bertz CT molecular complexity index is 448. The number of nitrogens with zero attached hydrogens (tertiary/aromatic N) is 1. The van der Waals surface area contributed by atoms with Crippen molar-refractivity contribution in [3.05, 3.63) is 29.8 Å². The first kappa shape index (κ1) is 14.4. The second-order valence-corrected chi connectivity index (χ2v) is 4.64. The predicted octanol–water partition coefficient (Wildman–Crippen LogP) is 1.58. The van der Waals surface area contributed by atoms with Crippen LogP contribution in [0.5, 0.6) is 5.75 Å². The average molecular weight is 266 g/mol. The van der Waals surface area contributed by atoms with Gasteiger partial charge in [0.05, 0.1) is 18.0 Å². The van der Waals surface area contributed by atoms with Gasteiger partial charge in [-0.1, -0.05) is 24.4 Å². The largest absolute Gasteiger partial charge is 0.497 e. The number of carbonyl (C=O) groups is 1. The van der Waals surface area contributed by atoms with Crippen molar-refractivity contribution in [3.8, 4) is 5.75 Å². The van der Waals surface area contributed by atoms with Gasteiger partial charge >= 0.3 is 0 Å². The second kappa shape index (κ2) is 6.35. The van der Waals surface area contributed by atoms with E-state index in [4.69, 9.17) is 22.7 Å². The van der Waals surface area contributed by atoms with Crippen molar-refractivity contribution >= 4 is 23.1 Å². The van der Waals surface area contributed by atoms with Crippen LogP contribution in [0.4, 0.5) is 0 Å². The number of carbonyl (C=O) groups excluding carboxylic acids is 1. The minimum absolute atomic E-state index is 0.0784. The monoisotopic (exact) mass is 266 g/mol. The first-order valence-electron chi connectivity index (χ1n) is 5.63. The van der Waals surface area contributed by atoms with Gasteiger partial charge < -0.3 is 15.4 Å². The fourth-order valence-electron chi connectivity index (χ4n) is 1.57. The molecule has 0 saturated carbocycles. The van der Waals surface area contributed by atoms with Crippen molar-refractivity contribution in [2.24, 2.45) is 11.7 Å². The molecule has 0 saturated heterocycles. The van der Waals surface area contributed by atoms with Crippen LogP contribution in [0.3, 0.4) is 0 Å². The standard InChI is InChI=1S/C13H18N2O2S/c1-9(12(14)18)13(16)15(2)8-10-5-4-6-11(7-10)17-3/h4-7,9H,8H2,1-3H3,(H2,14,18). The van der Waals surface area contributed by atoms with Crippen molar-refractivity contribution in [1.29, 1.82) is 0 Å². The minimum atomic E-state index is -0.435. The Hall–Kier alpha value is -1.62. The molecule has 4 nitrogen and oxygen atoms in total. The number of benzene rings is 1. The molecule has 0 bridgehead atoms. The quantitative estimate of drug-likeness (QED) is 0.822. The van der Waals surface area contributed by atoms with Crippen molar-refractivity contribution in [2.45, 2.75) is 13.5 Å². The molecule has 0 radical (unpaired) electrons. The molecular weight excluding hydrogens is 248 g/mol. The van der Waals surface area contributed by atoms with Crippen molar-refractivity contribution in [1.82, 2.24) is 4.90 Å². The highest BCUT2D eigenvalue weighted by Gasteiger charge is 2.19. The Labute approximate surface area is 113 Å². The zero-order chi connectivity index (χ0) is 13.7. The SMILES string of the molecule is COc1cccc(CN(C)C(=O)C(C)C(N)=S)c1. The van der Waals surface area contributed by atoms with Gasteiger partial charge in [-0.3, -0.25) is 4.79 Å². The molecule has 2 N–H and O–H groups in total. The molecule has 1 amide bonds. The molecule has 0 aliphatic rings. The summed E-state index contributed by atoms with van der Waals surface area (Å²) in [4.78, 5) is 13.8. The van der Waals surface area contributed by atoms with Gasteiger partial charge in [-0.15, -0.1) is 0 Å². The number of hydrogen-bond donors (Lipinski definition) is 1. The highest BCUT2D eigenvalue weighted by Crippen LogP contribution is 2.14. The van der Waals surface area contributed by atoms with Crippen LogP contribution in [0.2, 0.25) is 0 Å². The Morgan fingerprint density at radius 2 is 2.22 bits per heavy atom.